The first-order chi connectivity index (χ1) is 7.24. The first-order valence-corrected chi connectivity index (χ1v) is 5.29. The molecule has 0 saturated carbocycles. The van der Waals surface area contributed by atoms with Crippen LogP contribution in [-0.4, -0.2) is 0 Å². The maximum atomic E-state index is 11.0. The zero-order valence-corrected chi connectivity index (χ0v) is 8.93. The van der Waals surface area contributed by atoms with Crippen LogP contribution in [0.2, 0.25) is 0 Å². The van der Waals surface area contributed by atoms with E-state index in [0.29, 0.717) is 11.3 Å². The van der Waals surface area contributed by atoms with E-state index in [9.17, 15) is 4.79 Å². The lowest BCUT2D eigenvalue weighted by atomic mass is 10.2. The minimum atomic E-state index is -0.356. The van der Waals surface area contributed by atoms with Crippen LogP contribution in [0.15, 0.2) is 38.9 Å². The molecule has 2 nitrogen and oxygen atoms in total. The van der Waals surface area contributed by atoms with Crippen LogP contribution in [0, 0.1) is 18.8 Å². The van der Waals surface area contributed by atoms with Crippen LogP contribution in [0.1, 0.15) is 16.2 Å². The minimum absolute atomic E-state index is 0.356. The Morgan fingerprint density at radius 3 is 2.87 bits per heavy atom. The van der Waals surface area contributed by atoms with Gasteiger partial charge in [-0.1, -0.05) is 17.9 Å². The van der Waals surface area contributed by atoms with Crippen molar-refractivity contribution in [3.63, 3.8) is 0 Å². The fourth-order valence-electron chi connectivity index (χ4n) is 1.16. The Morgan fingerprint density at radius 2 is 2.20 bits per heavy atom. The highest BCUT2D eigenvalue weighted by molar-refractivity contribution is 7.10. The molecular weight excluding hydrogens is 208 g/mol. The van der Waals surface area contributed by atoms with Gasteiger partial charge in [-0.15, -0.1) is 11.3 Å². The Labute approximate surface area is 91.2 Å². The van der Waals surface area contributed by atoms with Crippen LogP contribution in [-0.2, 0) is 0 Å². The molecule has 2 rings (SSSR count). The maximum Gasteiger partial charge on any atom is 0.337 e. The first-order valence-electron chi connectivity index (χ1n) is 4.41. The molecule has 0 amide bonds. The maximum absolute atomic E-state index is 11.0. The summed E-state index contributed by atoms with van der Waals surface area (Å²) in [5.41, 5.74) is 0.336. The second kappa shape index (κ2) is 4.16. The second-order valence-corrected chi connectivity index (χ2v) is 3.95. The van der Waals surface area contributed by atoms with E-state index in [1.165, 1.54) is 6.07 Å². The number of thiophene rings is 1. The smallest absolute Gasteiger partial charge is 0.337 e. The van der Waals surface area contributed by atoms with Gasteiger partial charge >= 0.3 is 5.63 Å². The predicted molar refractivity (Wildman–Crippen MR) is 60.0 cm³/mol. The molecule has 0 spiro atoms. The van der Waals surface area contributed by atoms with Gasteiger partial charge in [0.2, 0.25) is 0 Å². The van der Waals surface area contributed by atoms with Gasteiger partial charge in [0, 0.05) is 11.6 Å². The lowest BCUT2D eigenvalue weighted by Gasteiger charge is -1.90. The molecule has 0 fully saturated rings. The van der Waals surface area contributed by atoms with Crippen molar-refractivity contribution in [2.24, 2.45) is 0 Å². The third-order valence-corrected chi connectivity index (χ3v) is 2.53. The Morgan fingerprint density at radius 1 is 1.33 bits per heavy atom. The van der Waals surface area contributed by atoms with Crippen LogP contribution in [0.25, 0.3) is 0 Å². The highest BCUT2D eigenvalue weighted by atomic mass is 32.1. The van der Waals surface area contributed by atoms with Gasteiger partial charge < -0.3 is 4.42 Å². The van der Waals surface area contributed by atoms with E-state index < -0.39 is 0 Å². The number of hydrogen-bond donors (Lipinski definition) is 0. The van der Waals surface area contributed by atoms with Gasteiger partial charge in [0.25, 0.3) is 0 Å². The second-order valence-electron chi connectivity index (χ2n) is 3.00. The van der Waals surface area contributed by atoms with Gasteiger partial charge in [-0.2, -0.15) is 0 Å². The molecule has 0 unspecified atom stereocenters. The average molecular weight is 216 g/mol. The summed E-state index contributed by atoms with van der Waals surface area (Å²) >= 11 is 1.58. The first kappa shape index (κ1) is 9.75. The SMILES string of the molecule is Cc1cc(C#Cc2cccs2)cc(=O)o1. The highest BCUT2D eigenvalue weighted by Crippen LogP contribution is 2.06. The van der Waals surface area contributed by atoms with Crippen molar-refractivity contribution in [1.29, 1.82) is 0 Å². The fourth-order valence-corrected chi connectivity index (χ4v) is 1.73. The van der Waals surface area contributed by atoms with E-state index in [2.05, 4.69) is 11.8 Å². The fraction of sp³-hybridized carbons (Fsp3) is 0.0833. The molecule has 0 N–H and O–H groups in total. The summed E-state index contributed by atoms with van der Waals surface area (Å²) in [5.74, 6) is 6.49. The van der Waals surface area contributed by atoms with Gasteiger partial charge in [-0.3, -0.25) is 0 Å². The van der Waals surface area contributed by atoms with E-state index in [-0.39, 0.29) is 5.63 Å². The van der Waals surface area contributed by atoms with Crippen LogP contribution >= 0.6 is 11.3 Å². The molecule has 74 valence electrons. The average Bonchev–Trinajstić information content (AvgIpc) is 2.65. The third-order valence-electron chi connectivity index (χ3n) is 1.74. The van der Waals surface area contributed by atoms with Crippen molar-refractivity contribution in [2.45, 2.75) is 6.92 Å². The molecule has 2 heterocycles. The standard InChI is InChI=1S/C12H8O2S/c1-9-7-10(8-12(13)14-9)4-5-11-3-2-6-15-11/h2-3,6-8H,1H3. The summed E-state index contributed by atoms with van der Waals surface area (Å²) in [4.78, 5) is 12.0. The summed E-state index contributed by atoms with van der Waals surface area (Å²) in [6.45, 7) is 1.73. The molecule has 0 aliphatic rings. The molecule has 0 aliphatic carbocycles. The van der Waals surface area contributed by atoms with Crippen molar-refractivity contribution in [3.8, 4) is 11.8 Å². The molecule has 0 radical (unpaired) electrons. The zero-order chi connectivity index (χ0) is 10.7. The summed E-state index contributed by atoms with van der Waals surface area (Å²) in [7, 11) is 0. The van der Waals surface area contributed by atoms with Crippen molar-refractivity contribution in [3.05, 3.63) is 56.3 Å². The van der Waals surface area contributed by atoms with Gasteiger partial charge in [0.15, 0.2) is 0 Å². The van der Waals surface area contributed by atoms with E-state index >= 15 is 0 Å². The number of hydrogen-bond acceptors (Lipinski definition) is 3. The summed E-state index contributed by atoms with van der Waals surface area (Å²) in [5, 5.41) is 1.97. The number of rotatable bonds is 0. The lowest BCUT2D eigenvalue weighted by molar-refractivity contribution is 0.479. The van der Waals surface area contributed by atoms with E-state index in [4.69, 9.17) is 4.42 Å². The molecule has 0 atom stereocenters. The summed E-state index contributed by atoms with van der Waals surface area (Å²) < 4.78 is 4.83. The molecular formula is C12H8O2S. The van der Waals surface area contributed by atoms with Crippen molar-refractivity contribution >= 4 is 11.3 Å². The van der Waals surface area contributed by atoms with Gasteiger partial charge in [-0.25, -0.2) is 4.79 Å². The minimum Gasteiger partial charge on any atom is -0.428 e. The van der Waals surface area contributed by atoms with Crippen LogP contribution in [0.5, 0.6) is 0 Å². The van der Waals surface area contributed by atoms with Crippen LogP contribution in [0.3, 0.4) is 0 Å². The molecule has 0 bridgehead atoms. The van der Waals surface area contributed by atoms with E-state index in [0.717, 1.165) is 4.88 Å². The molecule has 15 heavy (non-hydrogen) atoms. The molecule has 2 aromatic rings. The topological polar surface area (TPSA) is 30.2 Å². The Hall–Kier alpha value is -1.79. The van der Waals surface area contributed by atoms with Crippen molar-refractivity contribution in [2.75, 3.05) is 0 Å². The van der Waals surface area contributed by atoms with Crippen molar-refractivity contribution in [1.82, 2.24) is 0 Å². The molecule has 0 aliphatic heterocycles. The Bertz CT molecular complexity index is 568. The Kier molecular flexibility index (Phi) is 2.70. The van der Waals surface area contributed by atoms with Gasteiger partial charge in [-0.05, 0) is 24.4 Å². The number of aryl methyl sites for hydroxylation is 1. The quantitative estimate of drug-likeness (QED) is 0.633. The molecule has 2 aromatic heterocycles. The zero-order valence-electron chi connectivity index (χ0n) is 8.11. The van der Waals surface area contributed by atoms with Crippen LogP contribution < -0.4 is 5.63 Å². The monoisotopic (exact) mass is 216 g/mol. The predicted octanol–water partition coefficient (Wildman–Crippen LogP) is 2.41. The Balaban J connectivity index is 2.35. The van der Waals surface area contributed by atoms with E-state index in [1.54, 1.807) is 24.3 Å². The summed E-state index contributed by atoms with van der Waals surface area (Å²) in [6.07, 6.45) is 0. The van der Waals surface area contributed by atoms with Gasteiger partial charge in [0.05, 0.1) is 4.88 Å². The summed E-state index contributed by atoms with van der Waals surface area (Å²) in [6, 6.07) is 7.03. The van der Waals surface area contributed by atoms with Crippen molar-refractivity contribution < 1.29 is 4.42 Å². The van der Waals surface area contributed by atoms with Gasteiger partial charge in [0.1, 0.15) is 5.76 Å². The normalized spacial score (nSPS) is 9.40. The molecule has 0 saturated heterocycles. The molecule has 0 aromatic carbocycles. The third kappa shape index (κ3) is 2.58. The van der Waals surface area contributed by atoms with E-state index in [1.807, 2.05) is 17.5 Å². The lowest BCUT2D eigenvalue weighted by Crippen LogP contribution is -1.98. The largest absolute Gasteiger partial charge is 0.428 e. The highest BCUT2D eigenvalue weighted by Gasteiger charge is 1.94. The molecule has 3 heteroatoms. The van der Waals surface area contributed by atoms with Crippen LogP contribution in [0.4, 0.5) is 0 Å².